The maximum absolute atomic E-state index is 12.2. The Labute approximate surface area is 114 Å². The number of nitrogens with zero attached hydrogens (tertiary/aromatic N) is 3. The zero-order valence-corrected chi connectivity index (χ0v) is 10.5. The standard InChI is InChI=1S/C10H4Cl2F3N3O/c11-5-2-1-3-6(12)8(5)18-4-7(16-17-18)9(19)10(13,14)15/h1-4H. The molecule has 0 saturated heterocycles. The van der Waals surface area contributed by atoms with Gasteiger partial charge in [0, 0.05) is 0 Å². The number of aromatic nitrogens is 3. The maximum atomic E-state index is 12.2. The summed E-state index contributed by atoms with van der Waals surface area (Å²) in [5, 5.41) is 6.93. The van der Waals surface area contributed by atoms with Crippen LogP contribution in [0.4, 0.5) is 13.2 Å². The van der Waals surface area contributed by atoms with E-state index in [0.29, 0.717) is 0 Å². The fraction of sp³-hybridized carbons (Fsp3) is 0.100. The van der Waals surface area contributed by atoms with E-state index in [4.69, 9.17) is 23.2 Å². The first kappa shape index (κ1) is 13.8. The SMILES string of the molecule is O=C(c1cn(-c2c(Cl)cccc2Cl)nn1)C(F)(F)F. The molecule has 100 valence electrons. The second-order valence-electron chi connectivity index (χ2n) is 3.45. The Morgan fingerprint density at radius 3 is 2.32 bits per heavy atom. The molecule has 0 aliphatic heterocycles. The Morgan fingerprint density at radius 1 is 1.21 bits per heavy atom. The first-order valence-corrected chi connectivity index (χ1v) is 5.54. The van der Waals surface area contributed by atoms with Crippen LogP contribution in [-0.4, -0.2) is 27.0 Å². The van der Waals surface area contributed by atoms with Crippen molar-refractivity contribution in [2.45, 2.75) is 6.18 Å². The lowest BCUT2D eigenvalue weighted by molar-refractivity contribution is -0.0888. The molecule has 0 aliphatic carbocycles. The van der Waals surface area contributed by atoms with E-state index >= 15 is 0 Å². The lowest BCUT2D eigenvalue weighted by Gasteiger charge is -2.05. The molecule has 0 fully saturated rings. The number of benzene rings is 1. The Morgan fingerprint density at radius 2 is 1.79 bits per heavy atom. The van der Waals surface area contributed by atoms with Gasteiger partial charge in [-0.1, -0.05) is 34.5 Å². The van der Waals surface area contributed by atoms with Crippen molar-refractivity contribution in [2.24, 2.45) is 0 Å². The van der Waals surface area contributed by atoms with E-state index in [9.17, 15) is 18.0 Å². The van der Waals surface area contributed by atoms with Crippen LogP contribution >= 0.6 is 23.2 Å². The van der Waals surface area contributed by atoms with Crippen LogP contribution in [0.15, 0.2) is 24.4 Å². The van der Waals surface area contributed by atoms with Crippen molar-refractivity contribution in [1.29, 1.82) is 0 Å². The number of hydrogen-bond acceptors (Lipinski definition) is 3. The molecule has 0 saturated carbocycles. The van der Waals surface area contributed by atoms with Crippen LogP contribution in [-0.2, 0) is 0 Å². The van der Waals surface area contributed by atoms with Crippen LogP contribution in [0, 0.1) is 0 Å². The number of carbonyl (C=O) groups is 1. The zero-order chi connectivity index (χ0) is 14.2. The molecular weight excluding hydrogens is 306 g/mol. The second kappa shape index (κ2) is 4.82. The molecule has 0 atom stereocenters. The van der Waals surface area contributed by atoms with Crippen LogP contribution < -0.4 is 0 Å². The molecule has 0 aliphatic rings. The molecular formula is C10H4Cl2F3N3O. The van der Waals surface area contributed by atoms with Gasteiger partial charge in [-0.15, -0.1) is 5.10 Å². The first-order valence-electron chi connectivity index (χ1n) is 4.79. The number of halogens is 5. The van der Waals surface area contributed by atoms with Crippen molar-refractivity contribution >= 4 is 29.0 Å². The third-order valence-corrected chi connectivity index (χ3v) is 2.76. The molecule has 4 nitrogen and oxygen atoms in total. The Balaban J connectivity index is 2.45. The molecule has 1 aromatic heterocycles. The summed E-state index contributed by atoms with van der Waals surface area (Å²) < 4.78 is 37.6. The van der Waals surface area contributed by atoms with E-state index < -0.39 is 17.7 Å². The van der Waals surface area contributed by atoms with Crippen molar-refractivity contribution in [3.8, 4) is 5.69 Å². The molecule has 19 heavy (non-hydrogen) atoms. The van der Waals surface area contributed by atoms with E-state index in [0.717, 1.165) is 10.9 Å². The minimum Gasteiger partial charge on any atom is -0.282 e. The highest BCUT2D eigenvalue weighted by Gasteiger charge is 2.41. The molecule has 9 heteroatoms. The topological polar surface area (TPSA) is 47.8 Å². The number of rotatable bonds is 2. The molecule has 0 radical (unpaired) electrons. The number of para-hydroxylation sites is 1. The largest absolute Gasteiger partial charge is 0.456 e. The van der Waals surface area contributed by atoms with Gasteiger partial charge in [0.15, 0.2) is 5.69 Å². The van der Waals surface area contributed by atoms with Crippen molar-refractivity contribution < 1.29 is 18.0 Å². The monoisotopic (exact) mass is 309 g/mol. The lowest BCUT2D eigenvalue weighted by atomic mass is 10.3. The first-order chi connectivity index (χ1) is 8.80. The average Bonchev–Trinajstić information content (AvgIpc) is 2.75. The molecule has 0 N–H and O–H groups in total. The van der Waals surface area contributed by atoms with Crippen LogP contribution in [0.25, 0.3) is 5.69 Å². The quantitative estimate of drug-likeness (QED) is 0.800. The predicted octanol–water partition coefficient (Wildman–Crippen LogP) is 3.32. The Bertz CT molecular complexity index is 619. The summed E-state index contributed by atoms with van der Waals surface area (Å²) in [6.45, 7) is 0. The number of ketones is 1. The fourth-order valence-corrected chi connectivity index (χ4v) is 1.90. The van der Waals surface area contributed by atoms with Gasteiger partial charge in [-0.2, -0.15) is 13.2 Å². The predicted molar refractivity (Wildman–Crippen MR) is 61.8 cm³/mol. The normalized spacial score (nSPS) is 11.6. The van der Waals surface area contributed by atoms with Gasteiger partial charge in [0.1, 0.15) is 5.69 Å². The van der Waals surface area contributed by atoms with Crippen molar-refractivity contribution in [2.75, 3.05) is 0 Å². The third kappa shape index (κ3) is 2.71. The fourth-order valence-electron chi connectivity index (χ4n) is 1.33. The van der Waals surface area contributed by atoms with Gasteiger partial charge >= 0.3 is 6.18 Å². The number of carbonyl (C=O) groups excluding carboxylic acids is 1. The van der Waals surface area contributed by atoms with Crippen molar-refractivity contribution in [3.05, 3.63) is 40.1 Å². The lowest BCUT2D eigenvalue weighted by Crippen LogP contribution is -2.23. The Hall–Kier alpha value is -1.60. The molecule has 1 heterocycles. The number of alkyl halides is 3. The van der Waals surface area contributed by atoms with Crippen LogP contribution in [0.1, 0.15) is 10.5 Å². The van der Waals surface area contributed by atoms with Gasteiger partial charge in [-0.05, 0) is 12.1 Å². The van der Waals surface area contributed by atoms with Crippen molar-refractivity contribution in [3.63, 3.8) is 0 Å². The van der Waals surface area contributed by atoms with Gasteiger partial charge in [0.2, 0.25) is 0 Å². The van der Waals surface area contributed by atoms with Crippen LogP contribution in [0.5, 0.6) is 0 Å². The summed E-state index contributed by atoms with van der Waals surface area (Å²) in [4.78, 5) is 11.0. The minimum absolute atomic E-state index is 0.152. The van der Waals surface area contributed by atoms with Gasteiger partial charge in [-0.3, -0.25) is 4.79 Å². The molecule has 0 unspecified atom stereocenters. The smallest absolute Gasteiger partial charge is 0.282 e. The highest BCUT2D eigenvalue weighted by Crippen LogP contribution is 2.28. The van der Waals surface area contributed by atoms with Gasteiger partial charge in [-0.25, -0.2) is 4.68 Å². The maximum Gasteiger partial charge on any atom is 0.456 e. The third-order valence-electron chi connectivity index (χ3n) is 2.15. The highest BCUT2D eigenvalue weighted by molar-refractivity contribution is 6.37. The summed E-state index contributed by atoms with van der Waals surface area (Å²) >= 11 is 11.7. The molecule has 0 bridgehead atoms. The molecule has 0 spiro atoms. The van der Waals surface area contributed by atoms with Crippen LogP contribution in [0.3, 0.4) is 0 Å². The van der Waals surface area contributed by atoms with Crippen molar-refractivity contribution in [1.82, 2.24) is 15.0 Å². The summed E-state index contributed by atoms with van der Waals surface area (Å²) in [6, 6.07) is 4.53. The van der Waals surface area contributed by atoms with Gasteiger partial charge < -0.3 is 0 Å². The summed E-state index contributed by atoms with van der Waals surface area (Å²) in [7, 11) is 0. The highest BCUT2D eigenvalue weighted by atomic mass is 35.5. The summed E-state index contributed by atoms with van der Waals surface area (Å²) in [5.74, 6) is -2.08. The molecule has 2 aromatic rings. The van der Waals surface area contributed by atoms with Gasteiger partial charge in [0.25, 0.3) is 5.78 Å². The van der Waals surface area contributed by atoms with E-state index in [1.807, 2.05) is 0 Å². The Kier molecular flexibility index (Phi) is 3.51. The van der Waals surface area contributed by atoms with E-state index in [1.165, 1.54) is 12.1 Å². The second-order valence-corrected chi connectivity index (χ2v) is 4.26. The summed E-state index contributed by atoms with van der Waals surface area (Å²) in [6.07, 6.45) is -4.19. The van der Waals surface area contributed by atoms with Gasteiger partial charge in [0.05, 0.1) is 16.2 Å². The molecule has 1 aromatic carbocycles. The zero-order valence-electron chi connectivity index (χ0n) is 8.95. The molecule has 2 rings (SSSR count). The van der Waals surface area contributed by atoms with Crippen LogP contribution in [0.2, 0.25) is 10.0 Å². The number of hydrogen-bond donors (Lipinski definition) is 0. The average molecular weight is 310 g/mol. The minimum atomic E-state index is -5.01. The van der Waals surface area contributed by atoms with E-state index in [2.05, 4.69) is 10.3 Å². The number of Topliss-reactive ketones (excluding diaryl/α,β-unsaturated/α-hetero) is 1. The van der Waals surface area contributed by atoms with E-state index in [-0.39, 0.29) is 15.7 Å². The summed E-state index contributed by atoms with van der Waals surface area (Å²) in [5.41, 5.74) is -0.678. The van der Waals surface area contributed by atoms with E-state index in [1.54, 1.807) is 6.07 Å². The molecule has 0 amide bonds.